The molecule has 0 aliphatic heterocycles. The number of rotatable bonds is 8. The van der Waals surface area contributed by atoms with Crippen molar-refractivity contribution in [3.63, 3.8) is 0 Å². The SMILES string of the molecule is CC=CCN(CCCC)CCCC.Cl. The number of hydrogen-bond acceptors (Lipinski definition) is 1. The average molecular weight is 220 g/mol. The Hall–Kier alpha value is -0.0100. The number of nitrogens with zero attached hydrogens (tertiary/aromatic N) is 1. The van der Waals surface area contributed by atoms with Gasteiger partial charge in [-0.05, 0) is 32.9 Å². The van der Waals surface area contributed by atoms with Crippen molar-refractivity contribution in [1.82, 2.24) is 4.90 Å². The zero-order valence-electron chi connectivity index (χ0n) is 9.96. The molecule has 0 aromatic rings. The summed E-state index contributed by atoms with van der Waals surface area (Å²) in [7, 11) is 0. The van der Waals surface area contributed by atoms with Crippen LogP contribution >= 0.6 is 12.4 Å². The summed E-state index contributed by atoms with van der Waals surface area (Å²) in [6, 6.07) is 0. The molecule has 0 heterocycles. The smallest absolute Gasteiger partial charge is 0.0163 e. The first-order chi connectivity index (χ1) is 6.35. The normalized spacial score (nSPS) is 10.9. The van der Waals surface area contributed by atoms with Crippen LogP contribution in [0.1, 0.15) is 46.5 Å². The molecule has 0 amide bonds. The molecule has 0 unspecified atom stereocenters. The van der Waals surface area contributed by atoms with Gasteiger partial charge in [0.05, 0.1) is 0 Å². The van der Waals surface area contributed by atoms with E-state index >= 15 is 0 Å². The lowest BCUT2D eigenvalue weighted by Crippen LogP contribution is -2.26. The summed E-state index contributed by atoms with van der Waals surface area (Å²) in [5.74, 6) is 0. The maximum atomic E-state index is 2.55. The predicted octanol–water partition coefficient (Wildman–Crippen LogP) is 3.89. The predicted molar refractivity (Wildman–Crippen MR) is 68.3 cm³/mol. The van der Waals surface area contributed by atoms with E-state index < -0.39 is 0 Å². The molecule has 0 aromatic carbocycles. The van der Waals surface area contributed by atoms with E-state index in [0.29, 0.717) is 0 Å². The number of hydrogen-bond donors (Lipinski definition) is 0. The van der Waals surface area contributed by atoms with Crippen LogP contribution in [0.5, 0.6) is 0 Å². The van der Waals surface area contributed by atoms with Gasteiger partial charge in [-0.1, -0.05) is 38.8 Å². The van der Waals surface area contributed by atoms with Crippen LogP contribution in [0.25, 0.3) is 0 Å². The fourth-order valence-electron chi connectivity index (χ4n) is 1.31. The Labute approximate surface area is 96.0 Å². The van der Waals surface area contributed by atoms with Gasteiger partial charge in [-0.25, -0.2) is 0 Å². The van der Waals surface area contributed by atoms with Crippen molar-refractivity contribution >= 4 is 12.4 Å². The quantitative estimate of drug-likeness (QED) is 0.560. The Kier molecular flexibility index (Phi) is 15.2. The van der Waals surface area contributed by atoms with Gasteiger partial charge < -0.3 is 0 Å². The zero-order chi connectivity index (χ0) is 9.94. The van der Waals surface area contributed by atoms with Crippen LogP contribution in [-0.4, -0.2) is 24.5 Å². The summed E-state index contributed by atoms with van der Waals surface area (Å²) in [6.45, 7) is 10.3. The Balaban J connectivity index is 0. The minimum Gasteiger partial charge on any atom is -0.300 e. The summed E-state index contributed by atoms with van der Waals surface area (Å²) < 4.78 is 0. The van der Waals surface area contributed by atoms with Gasteiger partial charge in [0.25, 0.3) is 0 Å². The van der Waals surface area contributed by atoms with E-state index in [9.17, 15) is 0 Å². The molecule has 86 valence electrons. The van der Waals surface area contributed by atoms with E-state index in [0.717, 1.165) is 6.54 Å². The second-order valence-corrected chi connectivity index (χ2v) is 3.58. The highest BCUT2D eigenvalue weighted by Crippen LogP contribution is 1.99. The molecular weight excluding hydrogens is 194 g/mol. The topological polar surface area (TPSA) is 3.24 Å². The third-order valence-corrected chi connectivity index (χ3v) is 2.26. The first kappa shape index (κ1) is 16.4. The summed E-state index contributed by atoms with van der Waals surface area (Å²) in [5.41, 5.74) is 0. The van der Waals surface area contributed by atoms with Crippen LogP contribution in [0.15, 0.2) is 12.2 Å². The van der Waals surface area contributed by atoms with E-state index in [2.05, 4.69) is 37.8 Å². The third kappa shape index (κ3) is 10.1. The highest BCUT2D eigenvalue weighted by atomic mass is 35.5. The zero-order valence-corrected chi connectivity index (χ0v) is 10.8. The molecule has 0 radical (unpaired) electrons. The maximum absolute atomic E-state index is 2.55. The minimum absolute atomic E-state index is 0. The van der Waals surface area contributed by atoms with Crippen LogP contribution in [0, 0.1) is 0 Å². The third-order valence-electron chi connectivity index (χ3n) is 2.26. The van der Waals surface area contributed by atoms with Crippen molar-refractivity contribution in [3.8, 4) is 0 Å². The molecule has 0 N–H and O–H groups in total. The number of allylic oxidation sites excluding steroid dienone is 1. The lowest BCUT2D eigenvalue weighted by molar-refractivity contribution is 0.292. The van der Waals surface area contributed by atoms with Gasteiger partial charge in [0.1, 0.15) is 0 Å². The molecule has 0 saturated carbocycles. The molecule has 0 aromatic heterocycles. The fraction of sp³-hybridized carbons (Fsp3) is 0.833. The van der Waals surface area contributed by atoms with Crippen LogP contribution < -0.4 is 0 Å². The van der Waals surface area contributed by atoms with Crippen molar-refractivity contribution in [2.75, 3.05) is 19.6 Å². The molecule has 0 aliphatic rings. The van der Waals surface area contributed by atoms with E-state index in [1.54, 1.807) is 0 Å². The molecule has 0 fully saturated rings. The van der Waals surface area contributed by atoms with Crippen molar-refractivity contribution in [2.45, 2.75) is 46.5 Å². The Morgan fingerprint density at radius 3 is 1.86 bits per heavy atom. The second-order valence-electron chi connectivity index (χ2n) is 3.58. The second kappa shape index (κ2) is 13.0. The number of halogens is 1. The highest BCUT2D eigenvalue weighted by molar-refractivity contribution is 5.85. The first-order valence-electron chi connectivity index (χ1n) is 5.68. The lowest BCUT2D eigenvalue weighted by atomic mass is 10.2. The maximum Gasteiger partial charge on any atom is 0.0163 e. The molecule has 0 aliphatic carbocycles. The van der Waals surface area contributed by atoms with Crippen molar-refractivity contribution in [1.29, 1.82) is 0 Å². The molecule has 0 atom stereocenters. The van der Waals surface area contributed by atoms with Crippen molar-refractivity contribution in [3.05, 3.63) is 12.2 Å². The van der Waals surface area contributed by atoms with Gasteiger partial charge >= 0.3 is 0 Å². The van der Waals surface area contributed by atoms with Gasteiger partial charge in [0, 0.05) is 6.54 Å². The molecule has 2 heteroatoms. The molecule has 1 nitrogen and oxygen atoms in total. The number of unbranched alkanes of at least 4 members (excludes halogenated alkanes) is 2. The van der Waals surface area contributed by atoms with Crippen molar-refractivity contribution in [2.24, 2.45) is 0 Å². The van der Waals surface area contributed by atoms with E-state index in [1.807, 2.05) is 0 Å². The van der Waals surface area contributed by atoms with Gasteiger partial charge in [-0.2, -0.15) is 0 Å². The van der Waals surface area contributed by atoms with Crippen LogP contribution in [0.4, 0.5) is 0 Å². The molecule has 14 heavy (non-hydrogen) atoms. The highest BCUT2D eigenvalue weighted by Gasteiger charge is 2.00. The van der Waals surface area contributed by atoms with E-state index in [4.69, 9.17) is 0 Å². The Morgan fingerprint density at radius 1 is 1.00 bits per heavy atom. The molecular formula is C12H26ClN. The largest absolute Gasteiger partial charge is 0.300 e. The standard InChI is InChI=1S/C12H25N.ClH/c1-4-7-10-13(11-8-5-2)12-9-6-3;/h4,7H,5-6,8-12H2,1-3H3;1H. The van der Waals surface area contributed by atoms with E-state index in [-0.39, 0.29) is 12.4 Å². The van der Waals surface area contributed by atoms with Crippen LogP contribution in [-0.2, 0) is 0 Å². The monoisotopic (exact) mass is 219 g/mol. The lowest BCUT2D eigenvalue weighted by Gasteiger charge is -2.19. The average Bonchev–Trinajstić information content (AvgIpc) is 2.17. The van der Waals surface area contributed by atoms with Gasteiger partial charge in [0.15, 0.2) is 0 Å². The van der Waals surface area contributed by atoms with E-state index in [1.165, 1.54) is 38.8 Å². The minimum atomic E-state index is 0. The van der Waals surface area contributed by atoms with Crippen LogP contribution in [0.2, 0.25) is 0 Å². The molecule has 0 spiro atoms. The van der Waals surface area contributed by atoms with Crippen LogP contribution in [0.3, 0.4) is 0 Å². The summed E-state index contributed by atoms with van der Waals surface area (Å²) in [4.78, 5) is 2.55. The Bertz CT molecular complexity index is 115. The fourth-order valence-corrected chi connectivity index (χ4v) is 1.31. The van der Waals surface area contributed by atoms with Gasteiger partial charge in [-0.3, -0.25) is 4.90 Å². The van der Waals surface area contributed by atoms with Crippen molar-refractivity contribution < 1.29 is 0 Å². The van der Waals surface area contributed by atoms with Gasteiger partial charge in [-0.15, -0.1) is 12.4 Å². The molecule has 0 saturated heterocycles. The summed E-state index contributed by atoms with van der Waals surface area (Å²) in [5, 5.41) is 0. The molecule has 0 rings (SSSR count). The first-order valence-corrected chi connectivity index (χ1v) is 5.68. The van der Waals surface area contributed by atoms with Gasteiger partial charge in [0.2, 0.25) is 0 Å². The summed E-state index contributed by atoms with van der Waals surface area (Å²) >= 11 is 0. The Morgan fingerprint density at radius 2 is 1.50 bits per heavy atom. The molecule has 0 bridgehead atoms. The summed E-state index contributed by atoms with van der Waals surface area (Å²) in [6.07, 6.45) is 9.68.